The van der Waals surface area contributed by atoms with Crippen LogP contribution < -0.4 is 10.1 Å². The SMILES string of the molecule is COC[C@@]12C[C@@H]1N(C(=O)CNC(=O)CCCOc1ccccc1)[C@H](C(=O)O)C2. The van der Waals surface area contributed by atoms with Gasteiger partial charge in [-0.15, -0.1) is 0 Å². The van der Waals surface area contributed by atoms with Crippen LogP contribution in [0.2, 0.25) is 0 Å². The molecule has 1 aliphatic heterocycles. The summed E-state index contributed by atoms with van der Waals surface area (Å²) < 4.78 is 10.7. The number of rotatable bonds is 10. The molecule has 28 heavy (non-hydrogen) atoms. The summed E-state index contributed by atoms with van der Waals surface area (Å²) in [5.74, 6) is -0.881. The van der Waals surface area contributed by atoms with E-state index in [2.05, 4.69) is 5.32 Å². The molecule has 1 aromatic rings. The molecule has 2 fully saturated rings. The summed E-state index contributed by atoms with van der Waals surface area (Å²) in [7, 11) is 1.58. The fraction of sp³-hybridized carbons (Fsp3) is 0.550. The lowest BCUT2D eigenvalue weighted by atomic mass is 10.0. The highest BCUT2D eigenvalue weighted by molar-refractivity contribution is 5.89. The maximum atomic E-state index is 12.5. The van der Waals surface area contributed by atoms with E-state index >= 15 is 0 Å². The summed E-state index contributed by atoms with van der Waals surface area (Å²) in [6.07, 6.45) is 1.91. The minimum Gasteiger partial charge on any atom is -0.494 e. The van der Waals surface area contributed by atoms with Gasteiger partial charge in [0.15, 0.2) is 0 Å². The van der Waals surface area contributed by atoms with E-state index < -0.39 is 12.0 Å². The van der Waals surface area contributed by atoms with Crippen LogP contribution in [0, 0.1) is 5.41 Å². The summed E-state index contributed by atoms with van der Waals surface area (Å²) in [4.78, 5) is 37.5. The summed E-state index contributed by atoms with van der Waals surface area (Å²) in [6.45, 7) is 0.654. The Labute approximate surface area is 163 Å². The molecular weight excluding hydrogens is 364 g/mol. The van der Waals surface area contributed by atoms with Gasteiger partial charge in [0.1, 0.15) is 11.8 Å². The lowest BCUT2D eigenvalue weighted by Crippen LogP contribution is -2.47. The number of fused-ring (bicyclic) bond motifs is 1. The van der Waals surface area contributed by atoms with Crippen LogP contribution in [0.25, 0.3) is 0 Å². The zero-order valence-electron chi connectivity index (χ0n) is 15.9. The number of carbonyl (C=O) groups excluding carboxylic acids is 2. The summed E-state index contributed by atoms with van der Waals surface area (Å²) in [5, 5.41) is 12.0. The minimum absolute atomic E-state index is 0.114. The average molecular weight is 390 g/mol. The zero-order valence-corrected chi connectivity index (χ0v) is 15.9. The summed E-state index contributed by atoms with van der Waals surface area (Å²) in [5.41, 5.74) is -0.244. The molecule has 0 radical (unpaired) electrons. The van der Waals surface area contributed by atoms with Crippen molar-refractivity contribution in [2.75, 3.05) is 26.9 Å². The third-order valence-electron chi connectivity index (χ3n) is 5.42. The second-order valence-corrected chi connectivity index (χ2v) is 7.42. The Kier molecular flexibility index (Phi) is 6.18. The molecule has 0 spiro atoms. The van der Waals surface area contributed by atoms with Gasteiger partial charge in [0.2, 0.25) is 11.8 Å². The molecule has 0 aromatic heterocycles. The van der Waals surface area contributed by atoms with Gasteiger partial charge < -0.3 is 24.8 Å². The third-order valence-corrected chi connectivity index (χ3v) is 5.42. The number of hydrogen-bond donors (Lipinski definition) is 2. The predicted molar refractivity (Wildman–Crippen MR) is 99.8 cm³/mol. The van der Waals surface area contributed by atoms with Crippen LogP contribution in [0.1, 0.15) is 25.7 Å². The Bertz CT molecular complexity index is 725. The molecule has 3 rings (SSSR count). The van der Waals surface area contributed by atoms with E-state index in [9.17, 15) is 19.5 Å². The molecule has 152 valence electrons. The lowest BCUT2D eigenvalue weighted by Gasteiger charge is -2.24. The van der Waals surface area contributed by atoms with E-state index in [1.165, 1.54) is 4.90 Å². The van der Waals surface area contributed by atoms with Gasteiger partial charge in [-0.25, -0.2) is 4.79 Å². The van der Waals surface area contributed by atoms with Crippen LogP contribution in [0.15, 0.2) is 30.3 Å². The summed E-state index contributed by atoms with van der Waals surface area (Å²) >= 11 is 0. The highest BCUT2D eigenvalue weighted by atomic mass is 16.5. The van der Waals surface area contributed by atoms with Gasteiger partial charge >= 0.3 is 5.97 Å². The van der Waals surface area contributed by atoms with Crippen LogP contribution >= 0.6 is 0 Å². The minimum atomic E-state index is -1.01. The number of hydrogen-bond acceptors (Lipinski definition) is 5. The first-order valence-electron chi connectivity index (χ1n) is 9.44. The molecule has 1 saturated carbocycles. The fourth-order valence-electron chi connectivity index (χ4n) is 3.99. The van der Waals surface area contributed by atoms with Crippen molar-refractivity contribution in [3.05, 3.63) is 30.3 Å². The van der Waals surface area contributed by atoms with Crippen molar-refractivity contribution in [1.82, 2.24) is 10.2 Å². The number of benzene rings is 1. The first-order valence-corrected chi connectivity index (χ1v) is 9.44. The first-order chi connectivity index (χ1) is 13.5. The topological polar surface area (TPSA) is 105 Å². The molecule has 0 unspecified atom stereocenters. The number of likely N-dealkylation sites (tertiary alicyclic amines) is 1. The molecule has 8 nitrogen and oxygen atoms in total. The second kappa shape index (κ2) is 8.60. The van der Waals surface area contributed by atoms with Gasteiger partial charge in [0.25, 0.3) is 0 Å². The first kappa shape index (κ1) is 20.1. The van der Waals surface area contributed by atoms with Crippen LogP contribution in [-0.4, -0.2) is 66.7 Å². The van der Waals surface area contributed by atoms with Crippen molar-refractivity contribution in [3.8, 4) is 5.75 Å². The standard InChI is InChI=1S/C20H26N2O6/c1-27-13-20-10-15(19(25)26)22(16(20)11-20)18(24)12-21-17(23)8-5-9-28-14-6-3-2-4-7-14/h2-4,6-7,15-16H,5,8-13H2,1H3,(H,21,23)(H,25,26)/t15-,16-,20+/m0/s1. The number of ether oxygens (including phenoxy) is 2. The van der Waals surface area contributed by atoms with Crippen molar-refractivity contribution in [2.45, 2.75) is 37.8 Å². The molecule has 8 heteroatoms. The van der Waals surface area contributed by atoms with E-state index in [0.717, 1.165) is 12.2 Å². The molecule has 1 aromatic carbocycles. The monoisotopic (exact) mass is 390 g/mol. The van der Waals surface area contributed by atoms with Crippen LogP contribution in [0.3, 0.4) is 0 Å². The number of para-hydroxylation sites is 1. The zero-order chi connectivity index (χ0) is 20.1. The number of piperidine rings is 1. The number of carboxylic acids is 1. The van der Waals surface area contributed by atoms with E-state index in [1.54, 1.807) is 7.11 Å². The molecule has 1 saturated heterocycles. The van der Waals surface area contributed by atoms with E-state index in [1.807, 2.05) is 30.3 Å². The van der Waals surface area contributed by atoms with Gasteiger partial charge in [-0.05, 0) is 31.4 Å². The number of nitrogens with one attached hydrogen (secondary N) is 1. The Morgan fingerprint density at radius 1 is 1.25 bits per heavy atom. The Morgan fingerprint density at radius 3 is 2.68 bits per heavy atom. The maximum absolute atomic E-state index is 12.5. The molecule has 2 N–H and O–H groups in total. The van der Waals surface area contributed by atoms with Crippen molar-refractivity contribution >= 4 is 17.8 Å². The fourth-order valence-corrected chi connectivity index (χ4v) is 3.99. The van der Waals surface area contributed by atoms with Crippen LogP contribution in [0.5, 0.6) is 5.75 Å². The quantitative estimate of drug-likeness (QED) is 0.579. The molecule has 1 aliphatic carbocycles. The van der Waals surface area contributed by atoms with Crippen LogP contribution in [0.4, 0.5) is 0 Å². The lowest BCUT2D eigenvalue weighted by molar-refractivity contribution is -0.149. The number of amides is 2. The molecular formula is C20H26N2O6. The second-order valence-electron chi connectivity index (χ2n) is 7.42. The molecule has 0 bridgehead atoms. The number of carboxylic acid groups (broad SMARTS) is 1. The van der Waals surface area contributed by atoms with E-state index in [0.29, 0.717) is 26.1 Å². The van der Waals surface area contributed by atoms with Crippen molar-refractivity contribution in [1.29, 1.82) is 0 Å². The Balaban J connectivity index is 1.40. The van der Waals surface area contributed by atoms with Gasteiger partial charge in [-0.2, -0.15) is 0 Å². The molecule has 2 amide bonds. The third kappa shape index (κ3) is 4.44. The maximum Gasteiger partial charge on any atom is 0.326 e. The van der Waals surface area contributed by atoms with Crippen molar-refractivity contribution in [2.24, 2.45) is 5.41 Å². The van der Waals surface area contributed by atoms with Gasteiger partial charge in [0.05, 0.1) is 19.8 Å². The largest absolute Gasteiger partial charge is 0.494 e. The smallest absolute Gasteiger partial charge is 0.326 e. The van der Waals surface area contributed by atoms with E-state index in [-0.39, 0.29) is 36.2 Å². The molecule has 2 aliphatic rings. The van der Waals surface area contributed by atoms with Gasteiger partial charge in [-0.1, -0.05) is 18.2 Å². The number of carbonyl (C=O) groups is 3. The number of nitrogens with zero attached hydrogens (tertiary/aromatic N) is 1. The highest BCUT2D eigenvalue weighted by Crippen LogP contribution is 2.59. The normalized spacial score (nSPS) is 25.1. The van der Waals surface area contributed by atoms with Crippen LogP contribution in [-0.2, 0) is 19.1 Å². The average Bonchev–Trinajstić information content (AvgIpc) is 3.27. The number of methoxy groups -OCH3 is 1. The molecule has 3 atom stereocenters. The molecule has 1 heterocycles. The van der Waals surface area contributed by atoms with Crippen molar-refractivity contribution in [3.63, 3.8) is 0 Å². The van der Waals surface area contributed by atoms with E-state index in [4.69, 9.17) is 9.47 Å². The van der Waals surface area contributed by atoms with Gasteiger partial charge in [0, 0.05) is 25.0 Å². The highest BCUT2D eigenvalue weighted by Gasteiger charge is 2.67. The van der Waals surface area contributed by atoms with Crippen molar-refractivity contribution < 1.29 is 29.0 Å². The predicted octanol–water partition coefficient (Wildman–Crippen LogP) is 1.05. The Hall–Kier alpha value is -2.61. The summed E-state index contributed by atoms with van der Waals surface area (Å²) in [6, 6.07) is 8.36. The number of aliphatic carboxylic acids is 1. The van der Waals surface area contributed by atoms with Gasteiger partial charge in [-0.3, -0.25) is 9.59 Å². The Morgan fingerprint density at radius 2 is 2.00 bits per heavy atom.